The Kier molecular flexibility index (Phi) is 5.60. The van der Waals surface area contributed by atoms with Gasteiger partial charge in [-0.2, -0.15) is 5.10 Å². The van der Waals surface area contributed by atoms with Gasteiger partial charge in [0.15, 0.2) is 0 Å². The zero-order valence-electron chi connectivity index (χ0n) is 17.9. The maximum absolute atomic E-state index is 13.9. The molecule has 0 radical (unpaired) electrons. The maximum Gasteiger partial charge on any atom is 0.247 e. The van der Waals surface area contributed by atoms with Gasteiger partial charge in [-0.15, -0.1) is 0 Å². The minimum Gasteiger partial charge on any atom is -0.342 e. The molecule has 0 unspecified atom stereocenters. The molecule has 4 aromatic rings. The number of hydrogen-bond donors (Lipinski definition) is 2. The summed E-state index contributed by atoms with van der Waals surface area (Å²) in [5.74, 6) is -0.150. The third kappa shape index (κ3) is 4.34. The minimum absolute atomic E-state index is 0.0975. The first-order valence-corrected chi connectivity index (χ1v) is 10.9. The second-order valence-electron chi connectivity index (χ2n) is 8.05. The number of carbonyl (C=O) groups excluding carboxylic acids is 2. The third-order valence-electron chi connectivity index (χ3n) is 5.86. The van der Waals surface area contributed by atoms with Gasteiger partial charge in [-0.05, 0) is 49.2 Å². The van der Waals surface area contributed by atoms with E-state index in [1.165, 1.54) is 12.1 Å². The molecule has 0 bridgehead atoms. The van der Waals surface area contributed by atoms with Crippen molar-refractivity contribution in [3.8, 4) is 5.69 Å². The van der Waals surface area contributed by atoms with Gasteiger partial charge in [-0.1, -0.05) is 12.1 Å². The van der Waals surface area contributed by atoms with Gasteiger partial charge < -0.3 is 15.2 Å². The Morgan fingerprint density at radius 2 is 2.06 bits per heavy atom. The van der Waals surface area contributed by atoms with Crippen LogP contribution < -0.4 is 5.32 Å². The molecule has 1 atom stereocenters. The number of rotatable bonds is 6. The molecule has 0 aliphatic carbocycles. The van der Waals surface area contributed by atoms with E-state index in [9.17, 15) is 14.0 Å². The van der Waals surface area contributed by atoms with E-state index in [0.29, 0.717) is 30.8 Å². The predicted octanol–water partition coefficient (Wildman–Crippen LogP) is 3.45. The number of carbonyl (C=O) groups is 2. The van der Waals surface area contributed by atoms with Gasteiger partial charge in [0.05, 0.1) is 22.4 Å². The van der Waals surface area contributed by atoms with Gasteiger partial charge in [-0.3, -0.25) is 9.59 Å². The maximum atomic E-state index is 13.9. The number of hydrogen-bond acceptors (Lipinski definition) is 4. The van der Waals surface area contributed by atoms with Crippen LogP contribution in [0.1, 0.15) is 25.1 Å². The monoisotopic (exact) mass is 446 g/mol. The lowest BCUT2D eigenvalue weighted by Gasteiger charge is -2.24. The van der Waals surface area contributed by atoms with Gasteiger partial charge in [0.2, 0.25) is 11.8 Å². The number of benzene rings is 2. The number of halogens is 1. The zero-order chi connectivity index (χ0) is 22.8. The lowest BCUT2D eigenvalue weighted by molar-refractivity contribution is -0.136. The predicted molar refractivity (Wildman–Crippen MR) is 121 cm³/mol. The third-order valence-corrected chi connectivity index (χ3v) is 5.86. The van der Waals surface area contributed by atoms with E-state index in [-0.39, 0.29) is 18.2 Å². The van der Waals surface area contributed by atoms with Crippen molar-refractivity contribution in [1.82, 2.24) is 24.6 Å². The number of aromatic amines is 1. The fourth-order valence-corrected chi connectivity index (χ4v) is 4.27. The van der Waals surface area contributed by atoms with Gasteiger partial charge in [0.1, 0.15) is 17.7 Å². The highest BCUT2D eigenvalue weighted by Gasteiger charge is 2.34. The molecule has 2 aromatic carbocycles. The summed E-state index contributed by atoms with van der Waals surface area (Å²) in [7, 11) is 0. The smallest absolute Gasteiger partial charge is 0.247 e. The topological polar surface area (TPSA) is 95.9 Å². The van der Waals surface area contributed by atoms with Crippen molar-refractivity contribution in [2.75, 3.05) is 11.9 Å². The van der Waals surface area contributed by atoms with Gasteiger partial charge in [0, 0.05) is 31.8 Å². The van der Waals surface area contributed by atoms with Crippen molar-refractivity contribution in [2.45, 2.75) is 31.7 Å². The molecular weight excluding hydrogens is 423 g/mol. The molecule has 0 spiro atoms. The molecule has 33 heavy (non-hydrogen) atoms. The highest BCUT2D eigenvalue weighted by atomic mass is 19.1. The molecule has 9 heteroatoms. The normalized spacial score (nSPS) is 15.8. The number of amides is 2. The van der Waals surface area contributed by atoms with E-state index >= 15 is 0 Å². The van der Waals surface area contributed by atoms with E-state index in [1.54, 1.807) is 34.1 Å². The first-order valence-electron chi connectivity index (χ1n) is 10.9. The molecule has 2 aromatic heterocycles. The van der Waals surface area contributed by atoms with Crippen molar-refractivity contribution in [1.29, 1.82) is 0 Å². The van der Waals surface area contributed by atoms with E-state index in [4.69, 9.17) is 0 Å². The average molecular weight is 446 g/mol. The Balaban J connectivity index is 1.27. The first-order chi connectivity index (χ1) is 16.1. The first kappa shape index (κ1) is 20.9. The molecule has 5 rings (SSSR count). The molecule has 2 amide bonds. The molecule has 1 aliphatic heterocycles. The van der Waals surface area contributed by atoms with E-state index < -0.39 is 11.9 Å². The standard InChI is InChI=1S/C24H23FN6O2/c25-16-8-9-20(31-14-4-12-26-31)19(15-16)29-24(33)21-7-3-13-30(21)23(32)11-10-22-27-17-5-1-2-6-18(17)28-22/h1-2,4-6,8-9,12,14-15,21H,3,7,10-11,13H2,(H,27,28)(H,29,33)/t21-/m0/s1. The van der Waals surface area contributed by atoms with Crippen LogP contribution in [0.2, 0.25) is 0 Å². The van der Waals surface area contributed by atoms with Crippen LogP contribution in [-0.2, 0) is 16.0 Å². The molecule has 168 valence electrons. The number of imidazole rings is 1. The molecule has 3 heterocycles. The van der Waals surface area contributed by atoms with Crippen LogP contribution in [0.5, 0.6) is 0 Å². The summed E-state index contributed by atoms with van der Waals surface area (Å²) in [6.45, 7) is 0.520. The van der Waals surface area contributed by atoms with Gasteiger partial charge >= 0.3 is 0 Å². The quantitative estimate of drug-likeness (QED) is 0.474. The lowest BCUT2D eigenvalue weighted by atomic mass is 10.1. The van der Waals surface area contributed by atoms with Gasteiger partial charge in [0.25, 0.3) is 0 Å². The van der Waals surface area contributed by atoms with Crippen molar-refractivity contribution < 1.29 is 14.0 Å². The van der Waals surface area contributed by atoms with E-state index in [1.807, 2.05) is 24.3 Å². The molecule has 0 saturated carbocycles. The summed E-state index contributed by atoms with van der Waals surface area (Å²) in [6, 6.07) is 13.0. The number of H-pyrrole nitrogens is 1. The fraction of sp³-hybridized carbons (Fsp3) is 0.250. The minimum atomic E-state index is -0.595. The number of anilines is 1. The molecular formula is C24H23FN6O2. The number of likely N-dealkylation sites (tertiary alicyclic amines) is 1. The average Bonchev–Trinajstić information content (AvgIpc) is 3.58. The summed E-state index contributed by atoms with van der Waals surface area (Å²) in [4.78, 5) is 35.4. The summed E-state index contributed by atoms with van der Waals surface area (Å²) in [5.41, 5.74) is 2.66. The van der Waals surface area contributed by atoms with E-state index in [0.717, 1.165) is 23.3 Å². The zero-order valence-corrected chi connectivity index (χ0v) is 17.9. The van der Waals surface area contributed by atoms with Crippen molar-refractivity contribution in [3.05, 3.63) is 72.6 Å². The van der Waals surface area contributed by atoms with Crippen molar-refractivity contribution in [2.24, 2.45) is 0 Å². The van der Waals surface area contributed by atoms with Crippen LogP contribution in [0.4, 0.5) is 10.1 Å². The van der Waals surface area contributed by atoms with Crippen LogP contribution in [0.3, 0.4) is 0 Å². The Hall–Kier alpha value is -4.01. The number of fused-ring (bicyclic) bond motifs is 1. The highest BCUT2D eigenvalue weighted by Crippen LogP contribution is 2.25. The van der Waals surface area contributed by atoms with Crippen LogP contribution in [0.15, 0.2) is 60.9 Å². The highest BCUT2D eigenvalue weighted by molar-refractivity contribution is 5.99. The second-order valence-corrected chi connectivity index (χ2v) is 8.05. The summed E-state index contributed by atoms with van der Waals surface area (Å²) >= 11 is 0. The van der Waals surface area contributed by atoms with Crippen LogP contribution in [0, 0.1) is 5.82 Å². The largest absolute Gasteiger partial charge is 0.342 e. The van der Waals surface area contributed by atoms with Crippen LogP contribution in [0.25, 0.3) is 16.7 Å². The number of aryl methyl sites for hydroxylation is 1. The van der Waals surface area contributed by atoms with Gasteiger partial charge in [-0.25, -0.2) is 14.1 Å². The molecule has 1 aliphatic rings. The number of nitrogens with zero attached hydrogens (tertiary/aromatic N) is 4. The Morgan fingerprint density at radius 1 is 1.18 bits per heavy atom. The number of para-hydroxylation sites is 2. The SMILES string of the molecule is O=C(Nc1cc(F)ccc1-n1cccn1)[C@@H]1CCCN1C(=O)CCc1nc2ccccc2[nH]1. The molecule has 2 N–H and O–H groups in total. The Bertz CT molecular complexity index is 1270. The number of nitrogens with one attached hydrogen (secondary N) is 2. The molecule has 1 fully saturated rings. The van der Waals surface area contributed by atoms with Crippen LogP contribution in [-0.4, -0.2) is 49.0 Å². The Labute approximate surface area is 189 Å². The second kappa shape index (κ2) is 8.85. The number of aromatic nitrogens is 4. The van der Waals surface area contributed by atoms with Crippen LogP contribution >= 0.6 is 0 Å². The fourth-order valence-electron chi connectivity index (χ4n) is 4.27. The lowest BCUT2D eigenvalue weighted by Crippen LogP contribution is -2.43. The molecule has 8 nitrogen and oxygen atoms in total. The summed E-state index contributed by atoms with van der Waals surface area (Å²) in [6.07, 6.45) is 5.34. The Morgan fingerprint density at radius 3 is 2.88 bits per heavy atom. The van der Waals surface area contributed by atoms with Crippen molar-refractivity contribution >= 4 is 28.5 Å². The summed E-state index contributed by atoms with van der Waals surface area (Å²) in [5, 5.41) is 6.97. The van der Waals surface area contributed by atoms with E-state index in [2.05, 4.69) is 20.4 Å². The summed E-state index contributed by atoms with van der Waals surface area (Å²) < 4.78 is 15.5. The van der Waals surface area contributed by atoms with Crippen molar-refractivity contribution in [3.63, 3.8) is 0 Å². The molecule has 1 saturated heterocycles.